The summed E-state index contributed by atoms with van der Waals surface area (Å²) >= 11 is 0. The molecular formula is C24H35NO4. The quantitative estimate of drug-likeness (QED) is 0.678. The Hall–Kier alpha value is -1.88. The van der Waals surface area contributed by atoms with Gasteiger partial charge in [-0.1, -0.05) is 63.9 Å². The Morgan fingerprint density at radius 2 is 1.83 bits per heavy atom. The lowest BCUT2D eigenvalue weighted by atomic mass is 9.71. The highest BCUT2D eigenvalue weighted by Gasteiger charge is 2.50. The predicted molar refractivity (Wildman–Crippen MR) is 113 cm³/mol. The first-order chi connectivity index (χ1) is 13.7. The number of aliphatic carboxylic acids is 1. The highest BCUT2D eigenvalue weighted by molar-refractivity contribution is 5.84. The zero-order valence-electron chi connectivity index (χ0n) is 18.1. The Morgan fingerprint density at radius 1 is 1.21 bits per heavy atom. The molecule has 0 saturated heterocycles. The molecular weight excluding hydrogens is 366 g/mol. The third kappa shape index (κ3) is 4.82. The van der Waals surface area contributed by atoms with Gasteiger partial charge in [-0.25, -0.2) is 0 Å². The van der Waals surface area contributed by atoms with Crippen LogP contribution in [0.1, 0.15) is 70.8 Å². The van der Waals surface area contributed by atoms with Crippen LogP contribution in [0.25, 0.3) is 0 Å². The maximum atomic E-state index is 13.4. The van der Waals surface area contributed by atoms with Crippen molar-refractivity contribution in [3.8, 4) is 0 Å². The van der Waals surface area contributed by atoms with Gasteiger partial charge in [0.1, 0.15) is 0 Å². The number of carboxylic acid groups (broad SMARTS) is 1. The highest BCUT2D eigenvalue weighted by atomic mass is 16.5. The first kappa shape index (κ1) is 21.8. The van der Waals surface area contributed by atoms with Gasteiger partial charge in [0.25, 0.3) is 0 Å². The van der Waals surface area contributed by atoms with E-state index in [0.29, 0.717) is 12.3 Å². The van der Waals surface area contributed by atoms with E-state index < -0.39 is 23.4 Å². The second-order valence-electron chi connectivity index (χ2n) is 9.99. The van der Waals surface area contributed by atoms with E-state index in [1.54, 1.807) is 7.11 Å². The van der Waals surface area contributed by atoms with Gasteiger partial charge >= 0.3 is 5.97 Å². The van der Waals surface area contributed by atoms with Crippen molar-refractivity contribution in [1.29, 1.82) is 0 Å². The minimum absolute atomic E-state index is 0.0356. The molecule has 5 heteroatoms. The summed E-state index contributed by atoms with van der Waals surface area (Å²) in [4.78, 5) is 25.5. The van der Waals surface area contributed by atoms with Gasteiger partial charge in [0.05, 0.1) is 17.4 Å². The number of carbonyl (C=O) groups is 2. The summed E-state index contributed by atoms with van der Waals surface area (Å²) in [6.45, 7) is 5.98. The summed E-state index contributed by atoms with van der Waals surface area (Å²) in [5.41, 5.74) is 0.339. The lowest BCUT2D eigenvalue weighted by Gasteiger charge is -2.38. The van der Waals surface area contributed by atoms with Crippen molar-refractivity contribution in [2.75, 3.05) is 7.11 Å². The van der Waals surface area contributed by atoms with E-state index in [1.165, 1.54) is 5.56 Å². The molecule has 160 valence electrons. The molecule has 4 atom stereocenters. The molecule has 29 heavy (non-hydrogen) atoms. The number of carbonyl (C=O) groups excluding carboxylic acids is 1. The van der Waals surface area contributed by atoms with Crippen molar-refractivity contribution in [3.63, 3.8) is 0 Å². The number of benzene rings is 1. The fourth-order valence-corrected chi connectivity index (χ4v) is 5.19. The Morgan fingerprint density at radius 3 is 2.34 bits per heavy atom. The fourth-order valence-electron chi connectivity index (χ4n) is 5.19. The first-order valence-corrected chi connectivity index (χ1v) is 10.8. The van der Waals surface area contributed by atoms with E-state index in [2.05, 4.69) is 17.4 Å². The maximum Gasteiger partial charge on any atom is 0.309 e. The second-order valence-corrected chi connectivity index (χ2v) is 9.99. The van der Waals surface area contributed by atoms with Crippen LogP contribution in [0.4, 0.5) is 0 Å². The SMILES string of the molecule is COC(C(CC1(C(=O)NC2CC2c2ccccc2)CCCC1)C(=O)O)C(C)(C)C. The molecule has 4 unspecified atom stereocenters. The molecule has 2 aliphatic carbocycles. The molecule has 3 rings (SSSR count). The fraction of sp³-hybridized carbons (Fsp3) is 0.667. The molecule has 2 saturated carbocycles. The molecule has 1 aromatic carbocycles. The molecule has 0 aromatic heterocycles. The molecule has 0 bridgehead atoms. The zero-order chi connectivity index (χ0) is 21.2. The predicted octanol–water partition coefficient (Wildman–Crippen LogP) is 4.37. The van der Waals surface area contributed by atoms with Crippen molar-refractivity contribution >= 4 is 11.9 Å². The molecule has 5 nitrogen and oxygen atoms in total. The molecule has 2 N–H and O–H groups in total. The Labute approximate surface area is 174 Å². The molecule has 0 heterocycles. The van der Waals surface area contributed by atoms with Crippen LogP contribution in [0.3, 0.4) is 0 Å². The van der Waals surface area contributed by atoms with Crippen LogP contribution in [0.2, 0.25) is 0 Å². The van der Waals surface area contributed by atoms with Crippen LogP contribution in [-0.2, 0) is 14.3 Å². The summed E-state index contributed by atoms with van der Waals surface area (Å²) in [5, 5.41) is 13.2. The van der Waals surface area contributed by atoms with Gasteiger partial charge in [-0.2, -0.15) is 0 Å². The van der Waals surface area contributed by atoms with Crippen molar-refractivity contribution in [2.24, 2.45) is 16.7 Å². The molecule has 1 aromatic rings. The number of nitrogens with one attached hydrogen (secondary N) is 1. The number of ether oxygens (including phenoxy) is 1. The van der Waals surface area contributed by atoms with E-state index in [-0.39, 0.29) is 17.4 Å². The van der Waals surface area contributed by atoms with Crippen LogP contribution in [-0.4, -0.2) is 36.2 Å². The molecule has 0 spiro atoms. The van der Waals surface area contributed by atoms with E-state index in [1.807, 2.05) is 39.0 Å². The first-order valence-electron chi connectivity index (χ1n) is 10.8. The van der Waals surface area contributed by atoms with Crippen molar-refractivity contribution in [2.45, 2.75) is 77.4 Å². The van der Waals surface area contributed by atoms with Gasteiger partial charge in [0, 0.05) is 19.1 Å². The lowest BCUT2D eigenvalue weighted by Crippen LogP contribution is -2.47. The number of hydrogen-bond acceptors (Lipinski definition) is 3. The Kier molecular flexibility index (Phi) is 6.37. The summed E-state index contributed by atoms with van der Waals surface area (Å²) in [6.07, 6.45) is 4.31. The largest absolute Gasteiger partial charge is 0.481 e. The van der Waals surface area contributed by atoms with Gasteiger partial charge in [-0.3, -0.25) is 9.59 Å². The zero-order valence-corrected chi connectivity index (χ0v) is 18.1. The van der Waals surface area contributed by atoms with Crippen LogP contribution in [0.5, 0.6) is 0 Å². The van der Waals surface area contributed by atoms with E-state index in [4.69, 9.17) is 4.74 Å². The van der Waals surface area contributed by atoms with E-state index in [9.17, 15) is 14.7 Å². The van der Waals surface area contributed by atoms with Gasteiger partial charge in [-0.15, -0.1) is 0 Å². The third-order valence-electron chi connectivity index (χ3n) is 6.78. The van der Waals surface area contributed by atoms with Crippen LogP contribution >= 0.6 is 0 Å². The van der Waals surface area contributed by atoms with Gasteiger partial charge < -0.3 is 15.2 Å². The van der Waals surface area contributed by atoms with Crippen LogP contribution < -0.4 is 5.32 Å². The van der Waals surface area contributed by atoms with Crippen molar-refractivity contribution < 1.29 is 19.4 Å². The highest BCUT2D eigenvalue weighted by Crippen LogP contribution is 2.48. The molecule has 2 fully saturated rings. The molecule has 1 amide bonds. The van der Waals surface area contributed by atoms with E-state index >= 15 is 0 Å². The molecule has 0 radical (unpaired) electrons. The summed E-state index contributed by atoms with van der Waals surface area (Å²) in [5.74, 6) is -1.17. The van der Waals surface area contributed by atoms with Gasteiger partial charge in [0.2, 0.25) is 5.91 Å². The Balaban J connectivity index is 1.73. The van der Waals surface area contributed by atoms with Crippen molar-refractivity contribution in [1.82, 2.24) is 5.32 Å². The smallest absolute Gasteiger partial charge is 0.309 e. The standard InChI is InChI=1S/C24H35NO4/c1-23(2,3)20(29-4)18(21(26)27)15-24(12-8-9-13-24)22(28)25-19-14-17(19)16-10-6-5-7-11-16/h5-7,10-11,17-20H,8-9,12-15H2,1-4H3,(H,25,28)(H,26,27). The minimum Gasteiger partial charge on any atom is -0.481 e. The minimum atomic E-state index is -0.876. The number of methoxy groups -OCH3 is 1. The Bertz CT molecular complexity index is 718. The van der Waals surface area contributed by atoms with Crippen LogP contribution in [0.15, 0.2) is 30.3 Å². The second kappa shape index (κ2) is 8.47. The lowest BCUT2D eigenvalue weighted by molar-refractivity contribution is -0.154. The van der Waals surface area contributed by atoms with Crippen molar-refractivity contribution in [3.05, 3.63) is 35.9 Å². The maximum absolute atomic E-state index is 13.4. The van der Waals surface area contributed by atoms with Crippen LogP contribution in [0, 0.1) is 16.7 Å². The number of amides is 1. The van der Waals surface area contributed by atoms with Gasteiger partial charge in [-0.05, 0) is 36.7 Å². The number of rotatable bonds is 8. The summed E-state index contributed by atoms with van der Waals surface area (Å²) in [7, 11) is 1.57. The normalized spacial score (nSPS) is 25.2. The number of carboxylic acids is 1. The average Bonchev–Trinajstić information content (AvgIpc) is 3.26. The summed E-state index contributed by atoms with van der Waals surface area (Å²) in [6, 6.07) is 10.4. The average molecular weight is 402 g/mol. The topological polar surface area (TPSA) is 75.6 Å². The summed E-state index contributed by atoms with van der Waals surface area (Å²) < 4.78 is 5.63. The molecule has 2 aliphatic rings. The van der Waals surface area contributed by atoms with E-state index in [0.717, 1.165) is 32.1 Å². The molecule has 0 aliphatic heterocycles. The number of hydrogen-bond donors (Lipinski definition) is 2. The third-order valence-corrected chi connectivity index (χ3v) is 6.78. The van der Waals surface area contributed by atoms with Gasteiger partial charge in [0.15, 0.2) is 0 Å². The monoisotopic (exact) mass is 401 g/mol.